The molecule has 2 aromatic heterocycles. The van der Waals surface area contributed by atoms with Crippen LogP contribution in [0.5, 0.6) is 5.75 Å². The van der Waals surface area contributed by atoms with Crippen molar-refractivity contribution in [2.24, 2.45) is 0 Å². The molecule has 3 aromatic rings. The van der Waals surface area contributed by atoms with E-state index in [-0.39, 0.29) is 11.9 Å². The SMILES string of the molecule is Fc1ccc(OC2CCOC2)c(Nc2ncnc3sccc23)c1. The predicted molar refractivity (Wildman–Crippen MR) is 86.9 cm³/mol. The van der Waals surface area contributed by atoms with Crippen LogP contribution in [0.1, 0.15) is 6.42 Å². The van der Waals surface area contributed by atoms with Gasteiger partial charge in [0.05, 0.1) is 24.3 Å². The molecule has 5 nitrogen and oxygen atoms in total. The molecule has 0 radical (unpaired) electrons. The van der Waals surface area contributed by atoms with Gasteiger partial charge in [-0.3, -0.25) is 0 Å². The molecule has 0 bridgehead atoms. The Morgan fingerprint density at radius 3 is 3.13 bits per heavy atom. The zero-order valence-corrected chi connectivity index (χ0v) is 13.0. The quantitative estimate of drug-likeness (QED) is 0.789. The second-order valence-corrected chi connectivity index (χ2v) is 6.13. The van der Waals surface area contributed by atoms with Crippen molar-refractivity contribution < 1.29 is 13.9 Å². The monoisotopic (exact) mass is 331 g/mol. The van der Waals surface area contributed by atoms with Gasteiger partial charge in [-0.15, -0.1) is 11.3 Å². The average Bonchev–Trinajstić information content (AvgIpc) is 3.21. The molecule has 23 heavy (non-hydrogen) atoms. The molecule has 1 aromatic carbocycles. The molecule has 0 amide bonds. The van der Waals surface area contributed by atoms with Gasteiger partial charge in [0.2, 0.25) is 0 Å². The van der Waals surface area contributed by atoms with Gasteiger partial charge in [-0.05, 0) is 23.6 Å². The Morgan fingerprint density at radius 1 is 1.30 bits per heavy atom. The van der Waals surface area contributed by atoms with E-state index in [1.807, 2.05) is 11.4 Å². The lowest BCUT2D eigenvalue weighted by Crippen LogP contribution is -2.16. The molecule has 1 N–H and O–H groups in total. The van der Waals surface area contributed by atoms with E-state index in [0.717, 1.165) is 16.6 Å². The minimum Gasteiger partial charge on any atom is -0.486 e. The van der Waals surface area contributed by atoms with Crippen molar-refractivity contribution in [1.82, 2.24) is 9.97 Å². The first kappa shape index (κ1) is 14.3. The zero-order chi connectivity index (χ0) is 15.6. The molecule has 1 saturated heterocycles. The highest BCUT2D eigenvalue weighted by molar-refractivity contribution is 7.16. The van der Waals surface area contributed by atoms with E-state index < -0.39 is 0 Å². The Hall–Kier alpha value is -2.25. The van der Waals surface area contributed by atoms with E-state index in [4.69, 9.17) is 9.47 Å². The summed E-state index contributed by atoms with van der Waals surface area (Å²) >= 11 is 1.53. The fourth-order valence-electron chi connectivity index (χ4n) is 2.51. The number of hydrogen-bond donors (Lipinski definition) is 1. The van der Waals surface area contributed by atoms with Gasteiger partial charge < -0.3 is 14.8 Å². The zero-order valence-electron chi connectivity index (χ0n) is 12.2. The van der Waals surface area contributed by atoms with Gasteiger partial charge >= 0.3 is 0 Å². The molecule has 0 spiro atoms. The predicted octanol–water partition coefficient (Wildman–Crippen LogP) is 3.74. The van der Waals surface area contributed by atoms with E-state index in [1.165, 1.54) is 29.8 Å². The summed E-state index contributed by atoms with van der Waals surface area (Å²) in [5.74, 6) is 0.886. The summed E-state index contributed by atoms with van der Waals surface area (Å²) in [7, 11) is 0. The highest BCUT2D eigenvalue weighted by atomic mass is 32.1. The van der Waals surface area contributed by atoms with E-state index in [2.05, 4.69) is 15.3 Å². The van der Waals surface area contributed by atoms with E-state index >= 15 is 0 Å². The van der Waals surface area contributed by atoms with Gasteiger partial charge in [0.15, 0.2) is 0 Å². The van der Waals surface area contributed by atoms with Crippen molar-refractivity contribution in [3.63, 3.8) is 0 Å². The Balaban J connectivity index is 1.67. The van der Waals surface area contributed by atoms with Gasteiger partial charge in [-0.25, -0.2) is 14.4 Å². The van der Waals surface area contributed by atoms with Gasteiger partial charge in [-0.2, -0.15) is 0 Å². The van der Waals surface area contributed by atoms with Crippen LogP contribution in [-0.4, -0.2) is 29.3 Å². The number of anilines is 2. The number of aromatic nitrogens is 2. The number of ether oxygens (including phenoxy) is 2. The lowest BCUT2D eigenvalue weighted by Gasteiger charge is -2.16. The summed E-state index contributed by atoms with van der Waals surface area (Å²) in [5, 5.41) is 6.01. The number of nitrogens with zero attached hydrogens (tertiary/aromatic N) is 2. The van der Waals surface area contributed by atoms with Crippen LogP contribution in [0.15, 0.2) is 36.0 Å². The molecule has 0 aliphatic carbocycles. The van der Waals surface area contributed by atoms with Crippen LogP contribution >= 0.6 is 11.3 Å². The summed E-state index contributed by atoms with van der Waals surface area (Å²) in [4.78, 5) is 9.35. The number of hydrogen-bond acceptors (Lipinski definition) is 6. The van der Waals surface area contributed by atoms with Crippen LogP contribution in [0, 0.1) is 5.82 Å². The molecule has 0 saturated carbocycles. The molecule has 3 heterocycles. The van der Waals surface area contributed by atoms with Gasteiger partial charge in [0.1, 0.15) is 34.6 Å². The minimum atomic E-state index is -0.335. The Kier molecular flexibility index (Phi) is 3.80. The topological polar surface area (TPSA) is 56.3 Å². The number of fused-ring (bicyclic) bond motifs is 1. The molecule has 1 aliphatic rings. The van der Waals surface area contributed by atoms with E-state index in [1.54, 1.807) is 6.07 Å². The maximum absolute atomic E-state index is 13.7. The molecule has 118 valence electrons. The number of thiophene rings is 1. The normalized spacial score (nSPS) is 17.5. The van der Waals surface area contributed by atoms with Gasteiger partial charge in [0, 0.05) is 12.5 Å². The third kappa shape index (κ3) is 2.97. The second kappa shape index (κ2) is 6.10. The van der Waals surface area contributed by atoms with Crippen LogP contribution in [0.3, 0.4) is 0 Å². The maximum Gasteiger partial charge on any atom is 0.143 e. The Bertz CT molecular complexity index is 833. The summed E-state index contributed by atoms with van der Waals surface area (Å²) in [6.45, 7) is 1.25. The molecule has 1 unspecified atom stereocenters. The fourth-order valence-corrected chi connectivity index (χ4v) is 3.24. The number of benzene rings is 1. The third-order valence-electron chi connectivity index (χ3n) is 3.64. The van der Waals surface area contributed by atoms with Crippen LogP contribution < -0.4 is 10.1 Å². The van der Waals surface area contributed by atoms with Crippen molar-refractivity contribution in [2.75, 3.05) is 18.5 Å². The summed E-state index contributed by atoms with van der Waals surface area (Å²) in [5.41, 5.74) is 0.545. The van der Waals surface area contributed by atoms with E-state index in [9.17, 15) is 4.39 Å². The standard InChI is InChI=1S/C16H14FN3O2S/c17-10-1-2-14(22-11-3-5-21-8-11)13(7-10)20-15-12-4-6-23-16(12)19-9-18-15/h1-2,4,6-7,9,11H,3,5,8H2,(H,18,19,20). The van der Waals surface area contributed by atoms with Crippen molar-refractivity contribution in [3.8, 4) is 5.75 Å². The minimum absolute atomic E-state index is 0.00687. The smallest absolute Gasteiger partial charge is 0.143 e. The number of halogens is 1. The molecule has 7 heteroatoms. The van der Waals surface area contributed by atoms with Crippen LogP contribution in [0.4, 0.5) is 15.9 Å². The first-order valence-electron chi connectivity index (χ1n) is 7.29. The van der Waals surface area contributed by atoms with Gasteiger partial charge in [0.25, 0.3) is 0 Å². The number of rotatable bonds is 4. The van der Waals surface area contributed by atoms with Crippen molar-refractivity contribution in [2.45, 2.75) is 12.5 Å². The Morgan fingerprint density at radius 2 is 2.26 bits per heavy atom. The number of nitrogens with one attached hydrogen (secondary N) is 1. The van der Waals surface area contributed by atoms with Gasteiger partial charge in [-0.1, -0.05) is 0 Å². The molecule has 4 rings (SSSR count). The highest BCUT2D eigenvalue weighted by Gasteiger charge is 2.19. The molecule has 1 atom stereocenters. The van der Waals surface area contributed by atoms with E-state index in [0.29, 0.717) is 30.5 Å². The van der Waals surface area contributed by atoms with Crippen molar-refractivity contribution in [1.29, 1.82) is 0 Å². The maximum atomic E-state index is 13.7. The Labute approximate surface area is 136 Å². The largest absolute Gasteiger partial charge is 0.486 e. The third-order valence-corrected chi connectivity index (χ3v) is 4.46. The van der Waals surface area contributed by atoms with Crippen molar-refractivity contribution in [3.05, 3.63) is 41.8 Å². The molecule has 1 aliphatic heterocycles. The average molecular weight is 331 g/mol. The lowest BCUT2D eigenvalue weighted by atomic mass is 10.2. The summed E-state index contributed by atoms with van der Waals surface area (Å²) in [6, 6.07) is 6.36. The van der Waals surface area contributed by atoms with Crippen LogP contribution in [0.2, 0.25) is 0 Å². The first-order chi connectivity index (χ1) is 11.3. The van der Waals surface area contributed by atoms with Crippen LogP contribution in [0.25, 0.3) is 10.2 Å². The molecular formula is C16H14FN3O2S. The molecule has 1 fully saturated rings. The van der Waals surface area contributed by atoms with Crippen molar-refractivity contribution >= 4 is 33.1 Å². The fraction of sp³-hybridized carbons (Fsp3) is 0.250. The first-order valence-corrected chi connectivity index (χ1v) is 8.17. The highest BCUT2D eigenvalue weighted by Crippen LogP contribution is 2.33. The lowest BCUT2D eigenvalue weighted by molar-refractivity contribution is 0.142. The molecular weight excluding hydrogens is 317 g/mol. The second-order valence-electron chi connectivity index (χ2n) is 5.23. The summed E-state index contributed by atoms with van der Waals surface area (Å²) < 4.78 is 24.9. The van der Waals surface area contributed by atoms with Crippen LogP contribution in [-0.2, 0) is 4.74 Å². The summed E-state index contributed by atoms with van der Waals surface area (Å²) in [6.07, 6.45) is 2.32.